The summed E-state index contributed by atoms with van der Waals surface area (Å²) in [5, 5.41) is 32.5. The molecule has 0 bridgehead atoms. The standard InChI is InChI=1S/C29H32O13.Na.H/c1-11-36-9-20-27(40-11)24(31)25(32)29(41-20)42-26-14-7-17-16(38-10-39-17)6-13(14)21(22-15(26)8-37-28(22)33)12-4-18(34-2)23(30)19(5-12)35-3;;/h4-7,11,15,20-22,24-27,29-32H,8-10H2,1-3H3;;/q;+1;-1/t11-,15?,20-,21-,22+,24-,25-,26?,27-,29+;;/m1../s1. The Labute approximate surface area is 270 Å². The Morgan fingerprint density at radius 3 is 2.26 bits per heavy atom. The first-order chi connectivity index (χ1) is 20.3. The fourth-order valence-corrected chi connectivity index (χ4v) is 6.74. The van der Waals surface area contributed by atoms with Gasteiger partial charge in [-0.15, -0.1) is 0 Å². The van der Waals surface area contributed by atoms with Crippen LogP contribution in [0.2, 0.25) is 0 Å². The molecule has 2 aromatic rings. The maximum Gasteiger partial charge on any atom is 1.00 e. The van der Waals surface area contributed by atoms with Crippen molar-refractivity contribution in [2.24, 2.45) is 11.8 Å². The molecule has 3 saturated heterocycles. The third-order valence-corrected chi connectivity index (χ3v) is 8.75. The molecule has 4 aliphatic heterocycles. The van der Waals surface area contributed by atoms with Crippen molar-refractivity contribution in [3.63, 3.8) is 0 Å². The number of phenols is 1. The fraction of sp³-hybridized carbons (Fsp3) is 0.552. The van der Waals surface area contributed by atoms with Crippen molar-refractivity contribution < 1.29 is 93.7 Å². The van der Waals surface area contributed by atoms with E-state index >= 15 is 0 Å². The topological polar surface area (TPSA) is 161 Å². The van der Waals surface area contributed by atoms with Crippen LogP contribution in [0.4, 0.5) is 0 Å². The second-order valence-electron chi connectivity index (χ2n) is 11.0. The van der Waals surface area contributed by atoms with Crippen LogP contribution in [0.1, 0.15) is 37.1 Å². The molecule has 3 fully saturated rings. The van der Waals surface area contributed by atoms with Crippen LogP contribution in [0.3, 0.4) is 0 Å². The second kappa shape index (κ2) is 11.9. The molecule has 14 heteroatoms. The van der Waals surface area contributed by atoms with Gasteiger partial charge in [0.05, 0.1) is 39.5 Å². The molecule has 10 atom stereocenters. The Bertz CT molecular complexity index is 1370. The molecule has 0 aromatic heterocycles. The summed E-state index contributed by atoms with van der Waals surface area (Å²) < 4.78 is 51.5. The Hall–Kier alpha value is -2.33. The number of methoxy groups -OCH3 is 2. The number of hydrogen-bond donors (Lipinski definition) is 3. The minimum absolute atomic E-state index is 0. The predicted octanol–water partition coefficient (Wildman–Crippen LogP) is -1.54. The maximum absolute atomic E-state index is 13.4. The number of carbonyl (C=O) groups is 1. The van der Waals surface area contributed by atoms with Crippen molar-refractivity contribution in [3.8, 4) is 28.7 Å². The third-order valence-electron chi connectivity index (χ3n) is 8.75. The Morgan fingerprint density at radius 1 is 0.907 bits per heavy atom. The molecule has 1 aliphatic carbocycles. The first kappa shape index (κ1) is 30.7. The molecule has 3 N–H and O–H groups in total. The van der Waals surface area contributed by atoms with Crippen molar-refractivity contribution in [1.29, 1.82) is 0 Å². The minimum atomic E-state index is -1.44. The van der Waals surface area contributed by atoms with Gasteiger partial charge in [0, 0.05) is 11.8 Å². The zero-order valence-electron chi connectivity index (χ0n) is 25.1. The van der Waals surface area contributed by atoms with E-state index in [4.69, 9.17) is 42.6 Å². The summed E-state index contributed by atoms with van der Waals surface area (Å²) in [6.07, 6.45) is -6.80. The zero-order valence-corrected chi connectivity index (χ0v) is 26.1. The Balaban J connectivity index is 0.00000192. The molecule has 4 heterocycles. The van der Waals surface area contributed by atoms with Crippen LogP contribution in [0.25, 0.3) is 0 Å². The monoisotopic (exact) mass is 612 g/mol. The van der Waals surface area contributed by atoms with Crippen LogP contribution in [-0.4, -0.2) is 92.5 Å². The second-order valence-corrected chi connectivity index (χ2v) is 11.0. The summed E-state index contributed by atoms with van der Waals surface area (Å²) in [6, 6.07) is 6.93. The quantitative estimate of drug-likeness (QED) is 0.263. The number of ether oxygens (including phenoxy) is 9. The van der Waals surface area contributed by atoms with Crippen LogP contribution in [0.5, 0.6) is 28.7 Å². The number of hydrogen-bond acceptors (Lipinski definition) is 13. The summed E-state index contributed by atoms with van der Waals surface area (Å²) in [5.74, 6) is -1.02. The summed E-state index contributed by atoms with van der Waals surface area (Å²) in [6.45, 7) is 1.93. The predicted molar refractivity (Wildman–Crippen MR) is 139 cm³/mol. The van der Waals surface area contributed by atoms with Gasteiger partial charge in [0.15, 0.2) is 35.6 Å². The summed E-state index contributed by atoms with van der Waals surface area (Å²) in [4.78, 5) is 13.4. The van der Waals surface area contributed by atoms with Crippen LogP contribution in [-0.2, 0) is 28.5 Å². The van der Waals surface area contributed by atoms with Gasteiger partial charge in [0.25, 0.3) is 0 Å². The summed E-state index contributed by atoms with van der Waals surface area (Å²) >= 11 is 0. The van der Waals surface area contributed by atoms with E-state index in [-0.39, 0.29) is 68.2 Å². The number of aliphatic hydroxyl groups excluding tert-OH is 2. The van der Waals surface area contributed by atoms with Gasteiger partial charge < -0.3 is 59.4 Å². The first-order valence-electron chi connectivity index (χ1n) is 13.8. The van der Waals surface area contributed by atoms with Gasteiger partial charge in [-0.1, -0.05) is 0 Å². The third kappa shape index (κ3) is 5.04. The first-order valence-corrected chi connectivity index (χ1v) is 13.8. The number of rotatable bonds is 5. The number of carbonyl (C=O) groups excluding carboxylic acids is 1. The minimum Gasteiger partial charge on any atom is -1.00 e. The van der Waals surface area contributed by atoms with E-state index < -0.39 is 66.8 Å². The van der Waals surface area contributed by atoms with Gasteiger partial charge in [-0.3, -0.25) is 4.79 Å². The Morgan fingerprint density at radius 2 is 1.58 bits per heavy atom. The average molecular weight is 613 g/mol. The van der Waals surface area contributed by atoms with E-state index in [1.165, 1.54) is 14.2 Å². The van der Waals surface area contributed by atoms with Gasteiger partial charge in [-0.25, -0.2) is 0 Å². The average Bonchev–Trinajstić information content (AvgIpc) is 3.61. The van der Waals surface area contributed by atoms with Gasteiger partial charge in [0.1, 0.15) is 24.4 Å². The Kier molecular flexibility index (Phi) is 8.48. The van der Waals surface area contributed by atoms with Crippen molar-refractivity contribution in [3.05, 3.63) is 41.0 Å². The molecule has 0 spiro atoms. The molecule has 2 unspecified atom stereocenters. The van der Waals surface area contributed by atoms with E-state index in [1.807, 2.05) is 0 Å². The summed E-state index contributed by atoms with van der Waals surface area (Å²) in [5.41, 5.74) is 2.01. The number of esters is 1. The molecule has 228 valence electrons. The molecule has 2 aromatic carbocycles. The van der Waals surface area contributed by atoms with Crippen LogP contribution in [0, 0.1) is 11.8 Å². The van der Waals surface area contributed by atoms with Gasteiger partial charge in [-0.2, -0.15) is 0 Å². The van der Waals surface area contributed by atoms with Crippen LogP contribution < -0.4 is 48.5 Å². The van der Waals surface area contributed by atoms with Crippen molar-refractivity contribution in [2.45, 2.75) is 55.9 Å². The molecule has 7 rings (SSSR count). The smallest absolute Gasteiger partial charge is 1.00 e. The van der Waals surface area contributed by atoms with Gasteiger partial charge in [-0.05, 0) is 47.9 Å². The van der Waals surface area contributed by atoms with Crippen molar-refractivity contribution >= 4 is 5.97 Å². The molecule has 13 nitrogen and oxygen atoms in total. The number of aliphatic hydroxyl groups is 2. The molecule has 0 saturated carbocycles. The number of fused-ring (bicyclic) bond motifs is 4. The summed E-state index contributed by atoms with van der Waals surface area (Å²) in [7, 11) is 2.86. The number of phenolic OH excluding ortho intramolecular Hbond substituents is 1. The normalized spacial score (nSPS) is 35.6. The maximum atomic E-state index is 13.4. The van der Waals surface area contributed by atoms with Crippen LogP contribution >= 0.6 is 0 Å². The van der Waals surface area contributed by atoms with Gasteiger partial charge in [0.2, 0.25) is 12.5 Å². The SMILES string of the molecule is COc1cc([C@@H]2c3cc4c(cc3C(O[C@@H]3O[C@@H]5CO[C@@H](C)O[C@H]5[C@H](O)[C@H]3O)C3COC(=O)[C@@H]32)OCO4)cc(OC)c1O.[H-].[Na+]. The molecule has 43 heavy (non-hydrogen) atoms. The molecule has 5 aliphatic rings. The number of cyclic esters (lactones) is 1. The van der Waals surface area contributed by atoms with E-state index in [0.717, 1.165) is 0 Å². The zero-order chi connectivity index (χ0) is 29.3. The van der Waals surface area contributed by atoms with E-state index in [0.29, 0.717) is 28.2 Å². The van der Waals surface area contributed by atoms with Gasteiger partial charge >= 0.3 is 35.5 Å². The molecule has 0 radical (unpaired) electrons. The molecular formula is C29H33NaO13. The number of benzene rings is 2. The fourth-order valence-electron chi connectivity index (χ4n) is 6.74. The largest absolute Gasteiger partial charge is 1.00 e. The van der Waals surface area contributed by atoms with E-state index in [2.05, 4.69) is 0 Å². The molecule has 0 amide bonds. The van der Waals surface area contributed by atoms with Crippen LogP contribution in [0.15, 0.2) is 24.3 Å². The molecular weight excluding hydrogens is 579 g/mol. The van der Waals surface area contributed by atoms with Crippen molar-refractivity contribution in [1.82, 2.24) is 0 Å². The number of aromatic hydroxyl groups is 1. The van der Waals surface area contributed by atoms with E-state index in [9.17, 15) is 20.1 Å². The van der Waals surface area contributed by atoms with E-state index in [1.54, 1.807) is 31.2 Å². The van der Waals surface area contributed by atoms with Crippen molar-refractivity contribution in [2.75, 3.05) is 34.2 Å².